The van der Waals surface area contributed by atoms with E-state index >= 15 is 0 Å². The van der Waals surface area contributed by atoms with Gasteiger partial charge in [-0.3, -0.25) is 4.79 Å². The second-order valence-corrected chi connectivity index (χ2v) is 4.50. The Balaban J connectivity index is 2.24. The summed E-state index contributed by atoms with van der Waals surface area (Å²) in [4.78, 5) is 13.8. The summed E-state index contributed by atoms with van der Waals surface area (Å²) in [6.07, 6.45) is 7.97. The molecule has 1 N–H and O–H groups in total. The summed E-state index contributed by atoms with van der Waals surface area (Å²) in [5.41, 5.74) is 0. The second kappa shape index (κ2) is 6.83. The van der Waals surface area contributed by atoms with Crippen LogP contribution in [-0.2, 0) is 4.79 Å². The predicted octanol–water partition coefficient (Wildman–Crippen LogP) is 1.78. The largest absolute Gasteiger partial charge is 0.343 e. The van der Waals surface area contributed by atoms with E-state index in [1.54, 1.807) is 0 Å². The van der Waals surface area contributed by atoms with E-state index in [-0.39, 0.29) is 0 Å². The average Bonchev–Trinajstić information content (AvgIpc) is 2.29. The van der Waals surface area contributed by atoms with Gasteiger partial charge in [0, 0.05) is 19.5 Å². The molecule has 0 atom stereocenters. The molecule has 0 aromatic rings. The van der Waals surface area contributed by atoms with E-state index in [4.69, 9.17) is 0 Å². The Labute approximate surface area is 93.2 Å². The molecule has 1 amide bonds. The van der Waals surface area contributed by atoms with Crippen LogP contribution in [0.4, 0.5) is 0 Å². The van der Waals surface area contributed by atoms with Crippen LogP contribution in [0.15, 0.2) is 0 Å². The van der Waals surface area contributed by atoms with Crippen LogP contribution in [0.25, 0.3) is 0 Å². The van der Waals surface area contributed by atoms with Crippen LogP contribution >= 0.6 is 0 Å². The van der Waals surface area contributed by atoms with Gasteiger partial charge in [0.1, 0.15) is 0 Å². The predicted molar refractivity (Wildman–Crippen MR) is 62.8 cm³/mol. The maximum absolute atomic E-state index is 11.8. The Hall–Kier alpha value is -0.570. The van der Waals surface area contributed by atoms with Crippen molar-refractivity contribution in [2.75, 3.05) is 20.6 Å². The lowest BCUT2D eigenvalue weighted by atomic mass is 9.94. The molecule has 3 nitrogen and oxygen atoms in total. The number of rotatable bonds is 5. The lowest BCUT2D eigenvalue weighted by Gasteiger charge is -2.31. The van der Waals surface area contributed by atoms with E-state index in [0.29, 0.717) is 18.4 Å². The molecule has 0 saturated heterocycles. The van der Waals surface area contributed by atoms with Gasteiger partial charge in [-0.2, -0.15) is 0 Å². The van der Waals surface area contributed by atoms with Gasteiger partial charge in [0.05, 0.1) is 0 Å². The first-order valence-corrected chi connectivity index (χ1v) is 6.16. The maximum atomic E-state index is 11.8. The normalized spacial score (nSPS) is 17.7. The minimum Gasteiger partial charge on any atom is -0.343 e. The summed E-state index contributed by atoms with van der Waals surface area (Å²) < 4.78 is 0. The highest BCUT2D eigenvalue weighted by molar-refractivity contribution is 5.76. The van der Waals surface area contributed by atoms with Crippen molar-refractivity contribution in [1.29, 1.82) is 0 Å². The molecule has 0 spiro atoms. The number of nitrogens with one attached hydrogen (secondary N) is 1. The number of nitrogens with zero attached hydrogens (tertiary/aromatic N) is 1. The first-order chi connectivity index (χ1) is 7.25. The quantitative estimate of drug-likeness (QED) is 0.705. The van der Waals surface area contributed by atoms with Gasteiger partial charge in [-0.05, 0) is 32.9 Å². The van der Waals surface area contributed by atoms with Crippen molar-refractivity contribution in [1.82, 2.24) is 10.2 Å². The average molecular weight is 212 g/mol. The molecule has 1 aliphatic rings. The zero-order valence-corrected chi connectivity index (χ0v) is 10.1. The van der Waals surface area contributed by atoms with Crippen LogP contribution in [0.2, 0.25) is 0 Å². The van der Waals surface area contributed by atoms with Crippen LogP contribution in [0.5, 0.6) is 0 Å². The summed E-state index contributed by atoms with van der Waals surface area (Å²) in [5.74, 6) is 0.317. The fourth-order valence-corrected chi connectivity index (χ4v) is 2.26. The van der Waals surface area contributed by atoms with E-state index in [1.807, 2.05) is 19.0 Å². The Morgan fingerprint density at radius 1 is 1.33 bits per heavy atom. The van der Waals surface area contributed by atoms with Gasteiger partial charge in [-0.1, -0.05) is 19.3 Å². The molecule has 0 aromatic heterocycles. The van der Waals surface area contributed by atoms with E-state index in [1.165, 1.54) is 32.1 Å². The van der Waals surface area contributed by atoms with Crippen LogP contribution in [-0.4, -0.2) is 37.5 Å². The SMILES string of the molecule is CNCCCC(=O)N(C)C1CCCCC1. The fraction of sp³-hybridized carbons (Fsp3) is 0.917. The molecule has 88 valence electrons. The monoisotopic (exact) mass is 212 g/mol. The molecule has 0 heterocycles. The standard InChI is InChI=1S/C12H24N2O/c1-13-10-6-9-12(15)14(2)11-7-4-3-5-8-11/h11,13H,3-10H2,1-2H3. The van der Waals surface area contributed by atoms with Crippen LogP contribution in [0.3, 0.4) is 0 Å². The minimum absolute atomic E-state index is 0.317. The van der Waals surface area contributed by atoms with Gasteiger partial charge < -0.3 is 10.2 Å². The highest BCUT2D eigenvalue weighted by atomic mass is 16.2. The molecule has 3 heteroatoms. The second-order valence-electron chi connectivity index (χ2n) is 4.50. The lowest BCUT2D eigenvalue weighted by molar-refractivity contribution is -0.132. The Kier molecular flexibility index (Phi) is 5.69. The van der Waals surface area contributed by atoms with Crippen molar-refractivity contribution in [3.63, 3.8) is 0 Å². The summed E-state index contributed by atoms with van der Waals surface area (Å²) in [6.45, 7) is 0.935. The lowest BCUT2D eigenvalue weighted by Crippen LogP contribution is -2.38. The van der Waals surface area contributed by atoms with E-state index in [2.05, 4.69) is 5.32 Å². The molecular weight excluding hydrogens is 188 g/mol. The highest BCUT2D eigenvalue weighted by Crippen LogP contribution is 2.22. The number of amides is 1. The molecular formula is C12H24N2O. The molecule has 0 unspecified atom stereocenters. The number of hydrogen-bond donors (Lipinski definition) is 1. The summed E-state index contributed by atoms with van der Waals surface area (Å²) in [6, 6.07) is 0.515. The summed E-state index contributed by atoms with van der Waals surface area (Å²) >= 11 is 0. The first kappa shape index (κ1) is 12.5. The van der Waals surface area contributed by atoms with Gasteiger partial charge in [-0.25, -0.2) is 0 Å². The van der Waals surface area contributed by atoms with Gasteiger partial charge in [0.15, 0.2) is 0 Å². The van der Waals surface area contributed by atoms with Crippen LogP contribution in [0.1, 0.15) is 44.9 Å². The molecule has 0 radical (unpaired) electrons. The van der Waals surface area contributed by atoms with Crippen molar-refractivity contribution in [3.05, 3.63) is 0 Å². The third kappa shape index (κ3) is 4.20. The third-order valence-corrected chi connectivity index (χ3v) is 3.33. The van der Waals surface area contributed by atoms with E-state index in [0.717, 1.165) is 13.0 Å². The van der Waals surface area contributed by atoms with Crippen molar-refractivity contribution in [2.24, 2.45) is 0 Å². The maximum Gasteiger partial charge on any atom is 0.222 e. The third-order valence-electron chi connectivity index (χ3n) is 3.33. The zero-order valence-electron chi connectivity index (χ0n) is 10.1. The topological polar surface area (TPSA) is 32.3 Å². The van der Waals surface area contributed by atoms with Gasteiger partial charge in [-0.15, -0.1) is 0 Å². The molecule has 1 saturated carbocycles. The van der Waals surface area contributed by atoms with Crippen LogP contribution in [0, 0.1) is 0 Å². The molecule has 0 aromatic carbocycles. The Morgan fingerprint density at radius 3 is 2.60 bits per heavy atom. The highest BCUT2D eigenvalue weighted by Gasteiger charge is 2.21. The van der Waals surface area contributed by atoms with Crippen molar-refractivity contribution >= 4 is 5.91 Å². The summed E-state index contributed by atoms with van der Waals surface area (Å²) in [7, 11) is 3.90. The van der Waals surface area contributed by atoms with Gasteiger partial charge in [0.25, 0.3) is 0 Å². The Morgan fingerprint density at radius 2 is 2.00 bits per heavy atom. The van der Waals surface area contributed by atoms with E-state index < -0.39 is 0 Å². The van der Waals surface area contributed by atoms with Crippen molar-refractivity contribution < 1.29 is 4.79 Å². The molecule has 1 rings (SSSR count). The molecule has 1 fully saturated rings. The summed E-state index contributed by atoms with van der Waals surface area (Å²) in [5, 5.41) is 3.07. The van der Waals surface area contributed by atoms with Crippen LogP contribution < -0.4 is 5.32 Å². The smallest absolute Gasteiger partial charge is 0.222 e. The Bertz CT molecular complexity index is 188. The minimum atomic E-state index is 0.317. The van der Waals surface area contributed by atoms with Crippen molar-refractivity contribution in [2.45, 2.75) is 51.0 Å². The number of carbonyl (C=O) groups excluding carboxylic acids is 1. The molecule has 0 bridgehead atoms. The number of carbonyl (C=O) groups is 1. The number of hydrogen-bond acceptors (Lipinski definition) is 2. The zero-order chi connectivity index (χ0) is 11.1. The van der Waals surface area contributed by atoms with E-state index in [9.17, 15) is 4.79 Å². The molecule has 15 heavy (non-hydrogen) atoms. The fourth-order valence-electron chi connectivity index (χ4n) is 2.26. The first-order valence-electron chi connectivity index (χ1n) is 6.16. The van der Waals surface area contributed by atoms with Gasteiger partial charge >= 0.3 is 0 Å². The van der Waals surface area contributed by atoms with Crippen molar-refractivity contribution in [3.8, 4) is 0 Å². The molecule has 1 aliphatic carbocycles. The molecule has 0 aliphatic heterocycles. The van der Waals surface area contributed by atoms with Gasteiger partial charge in [0.2, 0.25) is 5.91 Å².